The van der Waals surface area contributed by atoms with E-state index in [0.717, 1.165) is 12.1 Å². The summed E-state index contributed by atoms with van der Waals surface area (Å²) in [6.07, 6.45) is -0.411. The van der Waals surface area contributed by atoms with Gasteiger partial charge in [0.15, 0.2) is 0 Å². The van der Waals surface area contributed by atoms with E-state index in [1.807, 2.05) is 0 Å². The van der Waals surface area contributed by atoms with Crippen LogP contribution in [0.15, 0.2) is 33.6 Å². The van der Waals surface area contributed by atoms with Crippen LogP contribution >= 0.6 is 0 Å². The van der Waals surface area contributed by atoms with E-state index in [0.29, 0.717) is 18.6 Å². The molecule has 0 radical (unpaired) electrons. The van der Waals surface area contributed by atoms with Gasteiger partial charge in [0.1, 0.15) is 17.4 Å². The van der Waals surface area contributed by atoms with E-state index in [-0.39, 0.29) is 30.0 Å². The van der Waals surface area contributed by atoms with Gasteiger partial charge in [0.2, 0.25) is 0 Å². The average molecular weight is 338 g/mol. The van der Waals surface area contributed by atoms with Crippen molar-refractivity contribution in [3.05, 3.63) is 57.6 Å². The number of H-pyrrole nitrogens is 1. The van der Waals surface area contributed by atoms with Gasteiger partial charge in [-0.2, -0.15) is 5.16 Å². The average Bonchev–Trinajstić information content (AvgIpc) is 2.97. The number of hydrogen-bond acceptors (Lipinski definition) is 3. The molecule has 3 rings (SSSR count). The molecule has 1 aromatic carbocycles. The summed E-state index contributed by atoms with van der Waals surface area (Å²) in [5.74, 6) is -1.14. The molecule has 24 heavy (non-hydrogen) atoms. The highest BCUT2D eigenvalue weighted by Gasteiger charge is 2.34. The number of benzene rings is 1. The summed E-state index contributed by atoms with van der Waals surface area (Å²) >= 11 is 0. The third-order valence-corrected chi connectivity index (χ3v) is 4.41. The predicted molar refractivity (Wildman–Crippen MR) is 79.9 cm³/mol. The van der Waals surface area contributed by atoms with Crippen LogP contribution in [0.1, 0.15) is 30.1 Å². The van der Waals surface area contributed by atoms with E-state index >= 15 is 0 Å². The number of nitrogens with one attached hydrogen (secondary N) is 1. The summed E-state index contributed by atoms with van der Waals surface area (Å²) in [6, 6.07) is 4.28. The predicted octanol–water partition coefficient (Wildman–Crippen LogP) is 2.71. The number of halogens is 2. The molecule has 1 aliphatic rings. The molecule has 6 nitrogen and oxygen atoms in total. The molecule has 0 saturated carbocycles. The van der Waals surface area contributed by atoms with E-state index in [1.165, 1.54) is 17.0 Å². The van der Waals surface area contributed by atoms with Crippen LogP contribution in [0, 0.1) is 11.6 Å². The highest BCUT2D eigenvalue weighted by atomic mass is 19.1. The minimum Gasteiger partial charge on any atom is -0.465 e. The summed E-state index contributed by atoms with van der Waals surface area (Å²) in [5.41, 5.74) is -0.507. The lowest BCUT2D eigenvalue weighted by molar-refractivity contribution is 0.0961. The van der Waals surface area contributed by atoms with E-state index in [9.17, 15) is 23.5 Å². The SMILES string of the molecule is O=C(O)N1CCC(c2cc(=O)[nH]o2)CC1Cc1c(F)cccc1F. The highest BCUT2D eigenvalue weighted by molar-refractivity contribution is 5.65. The number of hydrogen-bond donors (Lipinski definition) is 2. The van der Waals surface area contributed by atoms with Gasteiger partial charge in [-0.25, -0.2) is 13.6 Å². The Morgan fingerprint density at radius 2 is 2.08 bits per heavy atom. The molecule has 128 valence electrons. The molecular weight excluding hydrogens is 322 g/mol. The number of piperidine rings is 1. The van der Waals surface area contributed by atoms with Crippen molar-refractivity contribution in [2.75, 3.05) is 6.54 Å². The molecule has 1 aliphatic heterocycles. The summed E-state index contributed by atoms with van der Waals surface area (Å²) in [7, 11) is 0. The lowest BCUT2D eigenvalue weighted by Gasteiger charge is -2.37. The van der Waals surface area contributed by atoms with Gasteiger partial charge in [0.25, 0.3) is 5.56 Å². The third-order valence-electron chi connectivity index (χ3n) is 4.41. The summed E-state index contributed by atoms with van der Waals surface area (Å²) < 4.78 is 32.9. The Bertz CT molecular complexity index is 781. The fraction of sp³-hybridized carbons (Fsp3) is 0.375. The van der Waals surface area contributed by atoms with Gasteiger partial charge in [-0.15, -0.1) is 0 Å². The van der Waals surface area contributed by atoms with E-state index < -0.39 is 23.8 Å². The Morgan fingerprint density at radius 3 is 2.67 bits per heavy atom. The van der Waals surface area contributed by atoms with Gasteiger partial charge in [-0.1, -0.05) is 6.07 Å². The second-order valence-corrected chi connectivity index (χ2v) is 5.87. The fourth-order valence-corrected chi connectivity index (χ4v) is 3.22. The molecule has 1 aromatic heterocycles. The van der Waals surface area contributed by atoms with Gasteiger partial charge in [-0.05, 0) is 31.4 Å². The van der Waals surface area contributed by atoms with Crippen molar-refractivity contribution in [1.82, 2.24) is 10.1 Å². The number of rotatable bonds is 3. The number of nitrogens with zero attached hydrogens (tertiary/aromatic N) is 1. The Morgan fingerprint density at radius 1 is 1.38 bits per heavy atom. The highest BCUT2D eigenvalue weighted by Crippen LogP contribution is 2.33. The van der Waals surface area contributed by atoms with Crippen LogP contribution in [0.3, 0.4) is 0 Å². The zero-order valence-electron chi connectivity index (χ0n) is 12.7. The minimum absolute atomic E-state index is 0.0735. The first-order valence-electron chi connectivity index (χ1n) is 7.56. The number of likely N-dealkylation sites (tertiary alicyclic amines) is 1. The van der Waals surface area contributed by atoms with Gasteiger partial charge in [0, 0.05) is 30.1 Å². The standard InChI is InChI=1S/C16H16F2N2O4/c17-12-2-1-3-13(18)11(12)7-10-6-9(4-5-20(10)16(22)23)14-8-15(21)19-24-14/h1-3,8-10H,4-7H2,(H,19,21)(H,22,23). The van der Waals surface area contributed by atoms with Gasteiger partial charge in [0.05, 0.1) is 0 Å². The zero-order valence-corrected chi connectivity index (χ0v) is 12.7. The van der Waals surface area contributed by atoms with Crippen LogP contribution in [0.25, 0.3) is 0 Å². The quantitative estimate of drug-likeness (QED) is 0.901. The molecule has 0 bridgehead atoms. The van der Waals surface area contributed by atoms with Crippen molar-refractivity contribution in [2.24, 2.45) is 0 Å². The maximum Gasteiger partial charge on any atom is 0.407 e. The van der Waals surface area contributed by atoms with Gasteiger partial charge in [-0.3, -0.25) is 4.79 Å². The van der Waals surface area contributed by atoms with Crippen LogP contribution in [0.5, 0.6) is 0 Å². The molecule has 2 aromatic rings. The van der Waals surface area contributed by atoms with Crippen LogP contribution in [0.4, 0.5) is 13.6 Å². The van der Waals surface area contributed by atoms with Crippen molar-refractivity contribution in [3.8, 4) is 0 Å². The van der Waals surface area contributed by atoms with Crippen molar-refractivity contribution in [1.29, 1.82) is 0 Å². The van der Waals surface area contributed by atoms with Gasteiger partial charge >= 0.3 is 6.09 Å². The smallest absolute Gasteiger partial charge is 0.407 e. The maximum atomic E-state index is 13.9. The molecule has 2 N–H and O–H groups in total. The lowest BCUT2D eigenvalue weighted by atomic mass is 9.86. The Hall–Kier alpha value is -2.64. The number of carboxylic acid groups (broad SMARTS) is 1. The molecule has 1 saturated heterocycles. The number of amides is 1. The number of aromatic nitrogens is 1. The number of aromatic amines is 1. The Labute approximate surface area is 135 Å². The van der Waals surface area contributed by atoms with Crippen LogP contribution in [0.2, 0.25) is 0 Å². The molecular formula is C16H16F2N2O4. The zero-order chi connectivity index (χ0) is 17.3. The van der Waals surface area contributed by atoms with Crippen molar-refractivity contribution in [3.63, 3.8) is 0 Å². The van der Waals surface area contributed by atoms with E-state index in [2.05, 4.69) is 5.16 Å². The molecule has 1 amide bonds. The number of carbonyl (C=O) groups is 1. The maximum absolute atomic E-state index is 13.9. The third kappa shape index (κ3) is 3.17. The molecule has 2 unspecified atom stereocenters. The molecule has 2 heterocycles. The normalized spacial score (nSPS) is 21.0. The van der Waals surface area contributed by atoms with Crippen molar-refractivity contribution < 1.29 is 23.2 Å². The first-order chi connectivity index (χ1) is 11.5. The Balaban J connectivity index is 1.85. The van der Waals surface area contributed by atoms with Crippen molar-refractivity contribution >= 4 is 6.09 Å². The van der Waals surface area contributed by atoms with E-state index in [1.54, 1.807) is 0 Å². The van der Waals surface area contributed by atoms with E-state index in [4.69, 9.17) is 4.52 Å². The monoisotopic (exact) mass is 338 g/mol. The first kappa shape index (κ1) is 16.2. The summed E-state index contributed by atoms with van der Waals surface area (Å²) in [6.45, 7) is 0.204. The Kier molecular flexibility index (Phi) is 4.37. The topological polar surface area (TPSA) is 86.5 Å². The lowest BCUT2D eigenvalue weighted by Crippen LogP contribution is -2.46. The largest absolute Gasteiger partial charge is 0.465 e. The van der Waals surface area contributed by atoms with Crippen LogP contribution in [-0.4, -0.2) is 33.8 Å². The second kappa shape index (κ2) is 6.46. The molecule has 0 spiro atoms. The second-order valence-electron chi connectivity index (χ2n) is 5.87. The molecule has 1 fully saturated rings. The minimum atomic E-state index is -1.13. The summed E-state index contributed by atoms with van der Waals surface area (Å²) in [4.78, 5) is 23.8. The van der Waals surface area contributed by atoms with Crippen LogP contribution < -0.4 is 5.56 Å². The van der Waals surface area contributed by atoms with Crippen molar-refractivity contribution in [2.45, 2.75) is 31.2 Å². The van der Waals surface area contributed by atoms with Crippen LogP contribution in [-0.2, 0) is 6.42 Å². The first-order valence-corrected chi connectivity index (χ1v) is 7.56. The molecule has 8 heteroatoms. The van der Waals surface area contributed by atoms with Gasteiger partial charge < -0.3 is 14.5 Å². The fourth-order valence-electron chi connectivity index (χ4n) is 3.22. The molecule has 0 aliphatic carbocycles. The summed E-state index contributed by atoms with van der Waals surface area (Å²) in [5, 5.41) is 11.5. The molecule has 2 atom stereocenters.